The standard InChI is InChI=1S/C8H14O2/c1-7-5-8(6-7)9-3-2-4-10-8/h7H,2-6H2,1H3. The van der Waals surface area contributed by atoms with Crippen LogP contribution in [0.4, 0.5) is 0 Å². The summed E-state index contributed by atoms with van der Waals surface area (Å²) in [6, 6.07) is 0. The summed E-state index contributed by atoms with van der Waals surface area (Å²) in [6.45, 7) is 4.03. The predicted octanol–water partition coefficient (Wildman–Crippen LogP) is 1.55. The van der Waals surface area contributed by atoms with E-state index in [9.17, 15) is 0 Å². The molecule has 1 aliphatic heterocycles. The molecule has 0 aromatic carbocycles. The van der Waals surface area contributed by atoms with Gasteiger partial charge in [-0.1, -0.05) is 6.92 Å². The quantitative estimate of drug-likeness (QED) is 0.511. The maximum Gasteiger partial charge on any atom is 0.168 e. The van der Waals surface area contributed by atoms with E-state index in [1.807, 2.05) is 0 Å². The topological polar surface area (TPSA) is 18.5 Å². The van der Waals surface area contributed by atoms with Crippen molar-refractivity contribution in [2.75, 3.05) is 13.2 Å². The van der Waals surface area contributed by atoms with Gasteiger partial charge in [-0.25, -0.2) is 0 Å². The third-order valence-corrected chi connectivity index (χ3v) is 2.34. The normalized spacial score (nSPS) is 32.1. The molecule has 1 spiro atoms. The highest BCUT2D eigenvalue weighted by Gasteiger charge is 2.45. The third-order valence-electron chi connectivity index (χ3n) is 2.34. The van der Waals surface area contributed by atoms with E-state index in [2.05, 4.69) is 6.92 Å². The van der Waals surface area contributed by atoms with Crippen molar-refractivity contribution in [2.45, 2.75) is 32.0 Å². The summed E-state index contributed by atoms with van der Waals surface area (Å²) in [5.41, 5.74) is 0. The van der Waals surface area contributed by atoms with E-state index in [-0.39, 0.29) is 5.79 Å². The summed E-state index contributed by atoms with van der Waals surface area (Å²) < 4.78 is 11.1. The molecule has 10 heavy (non-hydrogen) atoms. The Labute approximate surface area is 61.5 Å². The zero-order valence-electron chi connectivity index (χ0n) is 6.43. The van der Waals surface area contributed by atoms with Gasteiger partial charge in [0.2, 0.25) is 0 Å². The van der Waals surface area contributed by atoms with E-state index < -0.39 is 0 Å². The Morgan fingerprint density at radius 1 is 1.20 bits per heavy atom. The van der Waals surface area contributed by atoms with Gasteiger partial charge in [0, 0.05) is 12.8 Å². The van der Waals surface area contributed by atoms with Gasteiger partial charge in [0.25, 0.3) is 0 Å². The van der Waals surface area contributed by atoms with Crippen LogP contribution in [0.25, 0.3) is 0 Å². The molecule has 2 fully saturated rings. The molecule has 1 aliphatic carbocycles. The minimum Gasteiger partial charge on any atom is -0.350 e. The molecule has 0 aromatic heterocycles. The van der Waals surface area contributed by atoms with E-state index in [0.29, 0.717) is 0 Å². The molecule has 0 amide bonds. The van der Waals surface area contributed by atoms with E-state index >= 15 is 0 Å². The first kappa shape index (κ1) is 6.62. The van der Waals surface area contributed by atoms with Crippen LogP contribution in [0.2, 0.25) is 0 Å². The molecule has 0 bridgehead atoms. The van der Waals surface area contributed by atoms with E-state index in [4.69, 9.17) is 9.47 Å². The second kappa shape index (κ2) is 2.21. The van der Waals surface area contributed by atoms with Crippen molar-refractivity contribution in [2.24, 2.45) is 5.92 Å². The lowest BCUT2D eigenvalue weighted by Crippen LogP contribution is -2.50. The van der Waals surface area contributed by atoms with Crippen LogP contribution < -0.4 is 0 Å². The fourth-order valence-corrected chi connectivity index (χ4v) is 1.85. The molecule has 2 heteroatoms. The van der Waals surface area contributed by atoms with Gasteiger partial charge in [-0.15, -0.1) is 0 Å². The van der Waals surface area contributed by atoms with Crippen molar-refractivity contribution in [1.82, 2.24) is 0 Å². The second-order valence-electron chi connectivity index (χ2n) is 3.47. The van der Waals surface area contributed by atoms with Crippen molar-refractivity contribution in [3.05, 3.63) is 0 Å². The third kappa shape index (κ3) is 0.956. The predicted molar refractivity (Wildman–Crippen MR) is 37.6 cm³/mol. The maximum atomic E-state index is 5.55. The Balaban J connectivity index is 1.90. The lowest BCUT2D eigenvalue weighted by atomic mass is 9.80. The highest BCUT2D eigenvalue weighted by molar-refractivity contribution is 4.87. The van der Waals surface area contributed by atoms with Crippen molar-refractivity contribution in [3.63, 3.8) is 0 Å². The molecule has 0 aromatic rings. The molecule has 1 heterocycles. The Kier molecular flexibility index (Phi) is 1.46. The summed E-state index contributed by atoms with van der Waals surface area (Å²) >= 11 is 0. The van der Waals surface area contributed by atoms with E-state index in [1.54, 1.807) is 0 Å². The Morgan fingerprint density at radius 2 is 1.80 bits per heavy atom. The zero-order chi connectivity index (χ0) is 7.03. The smallest absolute Gasteiger partial charge is 0.168 e. The molecule has 2 aliphatic rings. The highest BCUT2D eigenvalue weighted by Crippen LogP contribution is 2.42. The van der Waals surface area contributed by atoms with Crippen LogP contribution in [0, 0.1) is 5.92 Å². The molecule has 58 valence electrons. The Morgan fingerprint density at radius 3 is 2.30 bits per heavy atom. The summed E-state index contributed by atoms with van der Waals surface area (Å²) in [5, 5.41) is 0. The monoisotopic (exact) mass is 142 g/mol. The summed E-state index contributed by atoms with van der Waals surface area (Å²) in [6.07, 6.45) is 3.27. The molecule has 1 saturated carbocycles. The zero-order valence-corrected chi connectivity index (χ0v) is 6.43. The molecule has 1 saturated heterocycles. The van der Waals surface area contributed by atoms with Crippen LogP contribution in [0.1, 0.15) is 26.2 Å². The maximum absolute atomic E-state index is 5.55. The van der Waals surface area contributed by atoms with E-state index in [1.165, 1.54) is 0 Å². The number of hydrogen-bond donors (Lipinski definition) is 0. The first-order chi connectivity index (χ1) is 4.81. The average Bonchev–Trinajstić information content (AvgIpc) is 1.87. The number of ether oxygens (including phenoxy) is 2. The Bertz CT molecular complexity index is 112. The van der Waals surface area contributed by atoms with Crippen molar-refractivity contribution < 1.29 is 9.47 Å². The molecule has 2 rings (SSSR count). The van der Waals surface area contributed by atoms with Gasteiger partial charge in [0.05, 0.1) is 13.2 Å². The minimum atomic E-state index is -0.127. The van der Waals surface area contributed by atoms with Gasteiger partial charge in [0.1, 0.15) is 0 Å². The molecule has 0 N–H and O–H groups in total. The number of rotatable bonds is 0. The highest BCUT2D eigenvalue weighted by atomic mass is 16.7. The van der Waals surface area contributed by atoms with Gasteiger partial charge >= 0.3 is 0 Å². The lowest BCUT2D eigenvalue weighted by Gasteiger charge is -2.47. The molecule has 0 unspecified atom stereocenters. The first-order valence-corrected chi connectivity index (χ1v) is 4.09. The van der Waals surface area contributed by atoms with Gasteiger partial charge < -0.3 is 9.47 Å². The second-order valence-corrected chi connectivity index (χ2v) is 3.47. The van der Waals surface area contributed by atoms with Crippen LogP contribution in [-0.4, -0.2) is 19.0 Å². The van der Waals surface area contributed by atoms with Crippen molar-refractivity contribution in [3.8, 4) is 0 Å². The first-order valence-electron chi connectivity index (χ1n) is 4.09. The van der Waals surface area contributed by atoms with Crippen LogP contribution in [0.5, 0.6) is 0 Å². The largest absolute Gasteiger partial charge is 0.350 e. The van der Waals surface area contributed by atoms with Crippen LogP contribution in [-0.2, 0) is 9.47 Å². The Hall–Kier alpha value is -0.0800. The van der Waals surface area contributed by atoms with Gasteiger partial charge in [0.15, 0.2) is 5.79 Å². The average molecular weight is 142 g/mol. The fourth-order valence-electron chi connectivity index (χ4n) is 1.85. The molecular formula is C8H14O2. The van der Waals surface area contributed by atoms with E-state index in [0.717, 1.165) is 38.4 Å². The molecule has 2 nitrogen and oxygen atoms in total. The van der Waals surface area contributed by atoms with Crippen molar-refractivity contribution in [1.29, 1.82) is 0 Å². The van der Waals surface area contributed by atoms with Crippen LogP contribution >= 0.6 is 0 Å². The van der Waals surface area contributed by atoms with Gasteiger partial charge in [-0.2, -0.15) is 0 Å². The minimum absolute atomic E-state index is 0.127. The van der Waals surface area contributed by atoms with Crippen LogP contribution in [0.3, 0.4) is 0 Å². The summed E-state index contributed by atoms with van der Waals surface area (Å²) in [4.78, 5) is 0. The lowest BCUT2D eigenvalue weighted by molar-refractivity contribution is -0.316. The van der Waals surface area contributed by atoms with Crippen molar-refractivity contribution >= 4 is 0 Å². The summed E-state index contributed by atoms with van der Waals surface area (Å²) in [7, 11) is 0. The number of hydrogen-bond acceptors (Lipinski definition) is 2. The molecule has 0 radical (unpaired) electrons. The van der Waals surface area contributed by atoms with Gasteiger partial charge in [-0.3, -0.25) is 0 Å². The summed E-state index contributed by atoms with van der Waals surface area (Å²) in [5.74, 6) is 0.676. The molecular weight excluding hydrogens is 128 g/mol. The molecule has 0 atom stereocenters. The van der Waals surface area contributed by atoms with Gasteiger partial charge in [-0.05, 0) is 12.3 Å². The van der Waals surface area contributed by atoms with Crippen LogP contribution in [0.15, 0.2) is 0 Å². The SMILES string of the molecule is CC1CC2(C1)OCCCO2. The fraction of sp³-hybridized carbons (Fsp3) is 1.00.